The number of benzene rings is 3. The monoisotopic (exact) mass is 424 g/mol. The molecule has 0 saturated heterocycles. The van der Waals surface area contributed by atoms with Gasteiger partial charge < -0.3 is 4.74 Å². The van der Waals surface area contributed by atoms with E-state index in [1.54, 1.807) is 4.90 Å². The Hall–Kier alpha value is -2.50. The van der Waals surface area contributed by atoms with Crippen molar-refractivity contribution in [2.45, 2.75) is 12.7 Å². The van der Waals surface area contributed by atoms with Crippen molar-refractivity contribution in [2.75, 3.05) is 19.7 Å². The molecule has 0 saturated carbocycles. The van der Waals surface area contributed by atoms with Crippen LogP contribution in [0.2, 0.25) is 5.02 Å². The van der Waals surface area contributed by atoms with Crippen molar-refractivity contribution in [3.8, 4) is 5.75 Å². The zero-order chi connectivity index (χ0) is 20.2. The van der Waals surface area contributed by atoms with Crippen LogP contribution in [0.25, 0.3) is 10.8 Å². The second-order valence-electron chi connectivity index (χ2n) is 6.59. The van der Waals surface area contributed by atoms with Crippen molar-refractivity contribution in [2.24, 2.45) is 4.99 Å². The summed E-state index contributed by atoms with van der Waals surface area (Å²) in [6.45, 7) is 3.59. The predicted molar refractivity (Wildman–Crippen MR) is 121 cm³/mol. The van der Waals surface area contributed by atoms with E-state index in [9.17, 15) is 4.79 Å². The van der Waals surface area contributed by atoms with E-state index in [1.807, 2.05) is 67.6 Å². The van der Waals surface area contributed by atoms with Crippen LogP contribution in [0.4, 0.5) is 0 Å². The molecule has 0 aliphatic carbocycles. The highest BCUT2D eigenvalue weighted by Crippen LogP contribution is 2.32. The van der Waals surface area contributed by atoms with Crippen LogP contribution in [-0.2, 0) is 5.75 Å². The maximum Gasteiger partial charge on any atom is 0.264 e. The summed E-state index contributed by atoms with van der Waals surface area (Å²) in [5.41, 5.74) is 1.62. The van der Waals surface area contributed by atoms with Gasteiger partial charge in [-0.25, -0.2) is 0 Å². The lowest BCUT2D eigenvalue weighted by atomic mass is 10.0. The number of hydrogen-bond acceptors (Lipinski definition) is 4. The number of aliphatic imine (C=N–C) groups is 1. The third kappa shape index (κ3) is 4.11. The molecule has 0 bridgehead atoms. The van der Waals surface area contributed by atoms with Gasteiger partial charge in [-0.3, -0.25) is 14.7 Å². The minimum absolute atomic E-state index is 0.0758. The SMILES string of the molecule is CCOc1ccc2ccccc2c1C(=O)N1CCN=C1SCc1ccccc1Cl. The van der Waals surface area contributed by atoms with Gasteiger partial charge in [0.1, 0.15) is 5.75 Å². The molecule has 0 radical (unpaired) electrons. The van der Waals surface area contributed by atoms with Gasteiger partial charge >= 0.3 is 0 Å². The topological polar surface area (TPSA) is 41.9 Å². The van der Waals surface area contributed by atoms with E-state index in [4.69, 9.17) is 16.3 Å². The second-order valence-corrected chi connectivity index (χ2v) is 7.94. The van der Waals surface area contributed by atoms with Gasteiger partial charge in [0.2, 0.25) is 0 Å². The van der Waals surface area contributed by atoms with E-state index < -0.39 is 0 Å². The minimum atomic E-state index is -0.0758. The first-order valence-corrected chi connectivity index (χ1v) is 10.9. The molecule has 0 unspecified atom stereocenters. The van der Waals surface area contributed by atoms with Gasteiger partial charge in [0, 0.05) is 17.3 Å². The molecule has 3 aromatic rings. The van der Waals surface area contributed by atoms with Gasteiger partial charge in [0.05, 0.1) is 18.7 Å². The summed E-state index contributed by atoms with van der Waals surface area (Å²) in [6, 6.07) is 19.5. The fourth-order valence-electron chi connectivity index (χ4n) is 3.38. The number of thioether (sulfide) groups is 1. The Kier molecular flexibility index (Phi) is 6.07. The van der Waals surface area contributed by atoms with Crippen molar-refractivity contribution in [3.05, 3.63) is 76.8 Å². The summed E-state index contributed by atoms with van der Waals surface area (Å²) < 4.78 is 5.79. The van der Waals surface area contributed by atoms with Crippen molar-refractivity contribution in [3.63, 3.8) is 0 Å². The molecule has 4 rings (SSSR count). The van der Waals surface area contributed by atoms with Gasteiger partial charge in [-0.05, 0) is 35.4 Å². The average molecular weight is 425 g/mol. The third-order valence-electron chi connectivity index (χ3n) is 4.77. The predicted octanol–water partition coefficient (Wildman–Crippen LogP) is 5.64. The molecule has 1 heterocycles. The minimum Gasteiger partial charge on any atom is -0.493 e. The molecule has 148 valence electrons. The molecule has 6 heteroatoms. The highest BCUT2D eigenvalue weighted by Gasteiger charge is 2.29. The van der Waals surface area contributed by atoms with Crippen LogP contribution in [0.1, 0.15) is 22.8 Å². The van der Waals surface area contributed by atoms with Gasteiger partial charge in [0.25, 0.3) is 5.91 Å². The van der Waals surface area contributed by atoms with Gasteiger partial charge in [-0.2, -0.15) is 0 Å². The summed E-state index contributed by atoms with van der Waals surface area (Å²) in [6.07, 6.45) is 0. The van der Waals surface area contributed by atoms with Crippen LogP contribution in [-0.4, -0.2) is 35.7 Å². The van der Waals surface area contributed by atoms with Gasteiger partial charge in [0.15, 0.2) is 5.17 Å². The Morgan fingerprint density at radius 1 is 1.14 bits per heavy atom. The number of halogens is 1. The maximum atomic E-state index is 13.6. The van der Waals surface area contributed by atoms with Crippen molar-refractivity contribution >= 4 is 45.2 Å². The lowest BCUT2D eigenvalue weighted by Crippen LogP contribution is -2.33. The number of ether oxygens (including phenoxy) is 1. The number of amidine groups is 1. The number of carbonyl (C=O) groups is 1. The summed E-state index contributed by atoms with van der Waals surface area (Å²) in [4.78, 5) is 19.9. The zero-order valence-corrected chi connectivity index (χ0v) is 17.7. The first kappa shape index (κ1) is 19.8. The number of nitrogens with zero attached hydrogens (tertiary/aromatic N) is 2. The standard InChI is InChI=1S/C23H21ClN2O2S/c1-2-28-20-12-11-16-7-3-5-9-18(16)21(20)22(27)26-14-13-25-23(26)29-15-17-8-4-6-10-19(17)24/h3-12H,2,13-15H2,1H3. The lowest BCUT2D eigenvalue weighted by Gasteiger charge is -2.21. The van der Waals surface area contributed by atoms with Crippen LogP contribution in [0.5, 0.6) is 5.75 Å². The fraction of sp³-hybridized carbons (Fsp3) is 0.217. The van der Waals surface area contributed by atoms with Crippen molar-refractivity contribution < 1.29 is 9.53 Å². The molecule has 0 spiro atoms. The number of hydrogen-bond donors (Lipinski definition) is 0. The van der Waals surface area contributed by atoms with E-state index in [0.717, 1.165) is 26.5 Å². The highest BCUT2D eigenvalue weighted by molar-refractivity contribution is 8.13. The summed E-state index contributed by atoms with van der Waals surface area (Å²) in [7, 11) is 0. The average Bonchev–Trinajstić information content (AvgIpc) is 3.21. The quantitative estimate of drug-likeness (QED) is 0.532. The first-order chi connectivity index (χ1) is 14.2. The largest absolute Gasteiger partial charge is 0.493 e. The summed E-state index contributed by atoms with van der Waals surface area (Å²) in [5, 5.41) is 3.36. The molecule has 4 nitrogen and oxygen atoms in total. The number of fused-ring (bicyclic) bond motifs is 1. The van der Waals surface area contributed by atoms with E-state index in [2.05, 4.69) is 4.99 Å². The van der Waals surface area contributed by atoms with Crippen LogP contribution in [0.3, 0.4) is 0 Å². The lowest BCUT2D eigenvalue weighted by molar-refractivity contribution is 0.0858. The van der Waals surface area contributed by atoms with E-state index in [-0.39, 0.29) is 5.91 Å². The number of carbonyl (C=O) groups excluding carboxylic acids is 1. The molecule has 0 atom stereocenters. The Morgan fingerprint density at radius 2 is 1.93 bits per heavy atom. The molecule has 1 amide bonds. The summed E-state index contributed by atoms with van der Waals surface area (Å²) >= 11 is 7.81. The molecule has 0 fully saturated rings. The molecule has 3 aromatic carbocycles. The molecule has 1 aliphatic heterocycles. The van der Waals surface area contributed by atoms with Crippen molar-refractivity contribution in [1.29, 1.82) is 0 Å². The molecule has 1 aliphatic rings. The van der Waals surface area contributed by atoms with E-state index in [0.29, 0.717) is 36.8 Å². The van der Waals surface area contributed by atoms with Crippen molar-refractivity contribution in [1.82, 2.24) is 4.90 Å². The van der Waals surface area contributed by atoms with Crippen LogP contribution >= 0.6 is 23.4 Å². The van der Waals surface area contributed by atoms with Crippen LogP contribution in [0, 0.1) is 0 Å². The number of rotatable bonds is 5. The van der Waals surface area contributed by atoms with E-state index >= 15 is 0 Å². The second kappa shape index (κ2) is 8.89. The molecule has 0 aromatic heterocycles. The Labute approximate surface area is 179 Å². The molecule has 29 heavy (non-hydrogen) atoms. The molecule has 0 N–H and O–H groups in total. The Balaban J connectivity index is 1.63. The smallest absolute Gasteiger partial charge is 0.264 e. The maximum absolute atomic E-state index is 13.6. The van der Waals surface area contributed by atoms with E-state index in [1.165, 1.54) is 11.8 Å². The normalized spacial score (nSPS) is 13.6. The van der Waals surface area contributed by atoms with Gasteiger partial charge in [-0.1, -0.05) is 71.9 Å². The summed E-state index contributed by atoms with van der Waals surface area (Å²) in [5.74, 6) is 1.20. The Morgan fingerprint density at radius 3 is 2.76 bits per heavy atom. The van der Waals surface area contributed by atoms with Crippen LogP contribution in [0.15, 0.2) is 65.7 Å². The third-order valence-corrected chi connectivity index (χ3v) is 6.20. The first-order valence-electron chi connectivity index (χ1n) is 9.56. The highest BCUT2D eigenvalue weighted by atomic mass is 35.5. The zero-order valence-electron chi connectivity index (χ0n) is 16.1. The Bertz CT molecular complexity index is 1080. The molecular weight excluding hydrogens is 404 g/mol. The van der Waals surface area contributed by atoms with Crippen LogP contribution < -0.4 is 4.74 Å². The number of amides is 1. The fourth-order valence-corrected chi connectivity index (χ4v) is 4.71. The molecular formula is C23H21ClN2O2S. The van der Waals surface area contributed by atoms with Gasteiger partial charge in [-0.15, -0.1) is 0 Å².